The minimum atomic E-state index is -4.30. The van der Waals surface area contributed by atoms with Crippen molar-refractivity contribution in [3.05, 3.63) is 29.3 Å². The Morgan fingerprint density at radius 1 is 1.41 bits per heavy atom. The van der Waals surface area contributed by atoms with Crippen LogP contribution >= 0.6 is 0 Å². The molecule has 0 saturated carbocycles. The van der Waals surface area contributed by atoms with Crippen molar-refractivity contribution in [2.45, 2.75) is 25.1 Å². The molecule has 1 aliphatic heterocycles. The number of rotatable bonds is 2. The minimum absolute atomic E-state index is 0.0303. The van der Waals surface area contributed by atoms with E-state index in [2.05, 4.69) is 5.32 Å². The number of fused-ring (bicyclic) bond motifs is 1. The van der Waals surface area contributed by atoms with Gasteiger partial charge in [0.25, 0.3) is 0 Å². The van der Waals surface area contributed by atoms with Crippen LogP contribution in [0.3, 0.4) is 0 Å². The number of likely N-dealkylation sites (N-methyl/N-ethyl adjacent to an activating group) is 1. The van der Waals surface area contributed by atoms with E-state index < -0.39 is 11.7 Å². The first kappa shape index (κ1) is 12.2. The zero-order valence-corrected chi connectivity index (χ0v) is 9.64. The second-order valence-corrected chi connectivity index (χ2v) is 4.25. The molecule has 0 saturated heterocycles. The lowest BCUT2D eigenvalue weighted by Crippen LogP contribution is -2.29. The highest BCUT2D eigenvalue weighted by Gasteiger charge is 2.35. The molecule has 2 atom stereocenters. The quantitative estimate of drug-likeness (QED) is 0.865. The Bertz CT molecular complexity index is 417. The summed E-state index contributed by atoms with van der Waals surface area (Å²) in [5.74, 6) is 0.530. The van der Waals surface area contributed by atoms with Crippen LogP contribution in [0.15, 0.2) is 18.2 Å². The summed E-state index contributed by atoms with van der Waals surface area (Å²) in [5, 5.41) is 3.04. The van der Waals surface area contributed by atoms with Crippen molar-refractivity contribution in [2.24, 2.45) is 0 Å². The molecule has 0 fully saturated rings. The van der Waals surface area contributed by atoms with Crippen LogP contribution in [-0.4, -0.2) is 19.7 Å². The zero-order chi connectivity index (χ0) is 12.6. The number of hydrogen-bond donors (Lipinski definition) is 1. The molecular weight excluding hydrogens is 231 g/mol. The predicted octanol–water partition coefficient (Wildman–Crippen LogP) is 2.79. The van der Waals surface area contributed by atoms with Crippen molar-refractivity contribution >= 4 is 0 Å². The molecule has 0 aromatic heterocycles. The third kappa shape index (κ3) is 2.24. The van der Waals surface area contributed by atoms with Gasteiger partial charge in [0, 0.05) is 17.5 Å². The number of ether oxygens (including phenoxy) is 1. The van der Waals surface area contributed by atoms with E-state index in [4.69, 9.17) is 4.74 Å². The summed E-state index contributed by atoms with van der Waals surface area (Å²) in [6.45, 7) is 2.36. The Kier molecular flexibility index (Phi) is 3.03. The summed E-state index contributed by atoms with van der Waals surface area (Å²) in [4.78, 5) is 0. The number of halogens is 3. The monoisotopic (exact) mass is 245 g/mol. The summed E-state index contributed by atoms with van der Waals surface area (Å²) in [7, 11) is 1.79. The molecule has 5 heteroatoms. The minimum Gasteiger partial charge on any atom is -0.493 e. The second kappa shape index (κ2) is 4.22. The molecule has 0 aliphatic carbocycles. The first-order chi connectivity index (χ1) is 7.93. The molecule has 1 N–H and O–H groups in total. The number of nitrogens with one attached hydrogen (secondary N) is 1. The molecule has 1 aromatic carbocycles. The third-order valence-electron chi connectivity index (χ3n) is 3.21. The van der Waals surface area contributed by atoms with Gasteiger partial charge in [-0.15, -0.1) is 0 Å². The van der Waals surface area contributed by atoms with Gasteiger partial charge in [0.05, 0.1) is 12.2 Å². The fraction of sp³-hybridized carbons (Fsp3) is 0.500. The van der Waals surface area contributed by atoms with E-state index in [9.17, 15) is 13.2 Å². The van der Waals surface area contributed by atoms with E-state index in [1.807, 2.05) is 6.92 Å². The number of benzene rings is 1. The van der Waals surface area contributed by atoms with Crippen LogP contribution in [0.5, 0.6) is 5.75 Å². The van der Waals surface area contributed by atoms with Gasteiger partial charge in [-0.1, -0.05) is 0 Å². The summed E-state index contributed by atoms with van der Waals surface area (Å²) >= 11 is 0. The topological polar surface area (TPSA) is 21.3 Å². The maximum absolute atomic E-state index is 12.6. The van der Waals surface area contributed by atoms with Crippen molar-refractivity contribution < 1.29 is 17.9 Å². The molecule has 0 spiro atoms. The van der Waals surface area contributed by atoms with Gasteiger partial charge in [0.1, 0.15) is 5.75 Å². The smallest absolute Gasteiger partial charge is 0.416 e. The first-order valence-electron chi connectivity index (χ1n) is 5.44. The Morgan fingerprint density at radius 3 is 2.71 bits per heavy atom. The molecule has 2 nitrogen and oxygen atoms in total. The first-order valence-corrected chi connectivity index (χ1v) is 5.44. The van der Waals surface area contributed by atoms with Crippen LogP contribution in [0.2, 0.25) is 0 Å². The van der Waals surface area contributed by atoms with Crippen molar-refractivity contribution in [1.82, 2.24) is 5.32 Å². The van der Waals surface area contributed by atoms with Gasteiger partial charge in [0.2, 0.25) is 0 Å². The second-order valence-electron chi connectivity index (χ2n) is 4.25. The Hall–Kier alpha value is -1.23. The molecule has 0 radical (unpaired) electrons. The lowest BCUT2D eigenvalue weighted by atomic mass is 9.93. The molecule has 2 rings (SSSR count). The van der Waals surface area contributed by atoms with Crippen LogP contribution in [0.25, 0.3) is 0 Å². The maximum atomic E-state index is 12.6. The predicted molar refractivity (Wildman–Crippen MR) is 58.2 cm³/mol. The van der Waals surface area contributed by atoms with Crippen LogP contribution in [0.1, 0.15) is 24.0 Å². The van der Waals surface area contributed by atoms with Gasteiger partial charge in [0.15, 0.2) is 0 Å². The van der Waals surface area contributed by atoms with E-state index in [1.54, 1.807) is 7.05 Å². The van der Waals surface area contributed by atoms with Gasteiger partial charge in [-0.2, -0.15) is 13.2 Å². The molecule has 1 aliphatic rings. The average Bonchev–Trinajstić information content (AvgIpc) is 2.69. The largest absolute Gasteiger partial charge is 0.493 e. The summed E-state index contributed by atoms with van der Waals surface area (Å²) < 4.78 is 43.2. The lowest BCUT2D eigenvalue weighted by molar-refractivity contribution is -0.137. The van der Waals surface area contributed by atoms with Crippen molar-refractivity contribution in [2.75, 3.05) is 13.7 Å². The molecule has 1 heterocycles. The summed E-state index contributed by atoms with van der Waals surface area (Å²) in [6, 6.07) is 3.74. The third-order valence-corrected chi connectivity index (χ3v) is 3.21. The van der Waals surface area contributed by atoms with Gasteiger partial charge in [-0.05, 0) is 32.2 Å². The molecule has 0 bridgehead atoms. The van der Waals surface area contributed by atoms with Gasteiger partial charge in [-0.25, -0.2) is 0 Å². The molecule has 0 amide bonds. The van der Waals surface area contributed by atoms with Gasteiger partial charge in [-0.3, -0.25) is 0 Å². The van der Waals surface area contributed by atoms with Crippen molar-refractivity contribution in [1.29, 1.82) is 0 Å². The average molecular weight is 245 g/mol. The molecule has 94 valence electrons. The maximum Gasteiger partial charge on any atom is 0.416 e. The molecule has 2 unspecified atom stereocenters. The van der Waals surface area contributed by atoms with E-state index in [0.717, 1.165) is 6.07 Å². The van der Waals surface area contributed by atoms with Crippen LogP contribution in [0.4, 0.5) is 13.2 Å². The van der Waals surface area contributed by atoms with E-state index in [0.29, 0.717) is 17.9 Å². The lowest BCUT2D eigenvalue weighted by Gasteiger charge is -2.18. The van der Waals surface area contributed by atoms with Crippen LogP contribution in [-0.2, 0) is 6.18 Å². The van der Waals surface area contributed by atoms with E-state index >= 15 is 0 Å². The highest BCUT2D eigenvalue weighted by Crippen LogP contribution is 2.40. The molecule has 1 aromatic rings. The number of hydrogen-bond acceptors (Lipinski definition) is 2. The summed E-state index contributed by atoms with van der Waals surface area (Å²) in [5.41, 5.74) is 0.0247. The van der Waals surface area contributed by atoms with Crippen LogP contribution in [0, 0.1) is 0 Å². The van der Waals surface area contributed by atoms with Crippen LogP contribution < -0.4 is 10.1 Å². The Morgan fingerprint density at radius 2 is 2.12 bits per heavy atom. The normalized spacial score (nSPS) is 20.9. The highest BCUT2D eigenvalue weighted by atomic mass is 19.4. The standard InChI is InChI=1S/C12H14F3NO/c1-7(16-2)10-6-17-11-4-3-8(5-9(10)11)12(13,14)15/h3-5,7,10,16H,6H2,1-2H3. The highest BCUT2D eigenvalue weighted by molar-refractivity contribution is 5.44. The fourth-order valence-corrected chi connectivity index (χ4v) is 2.03. The van der Waals surface area contributed by atoms with Gasteiger partial charge >= 0.3 is 6.18 Å². The zero-order valence-electron chi connectivity index (χ0n) is 9.64. The SMILES string of the molecule is CNC(C)C1COc2ccc(C(F)(F)F)cc21. The molecule has 17 heavy (non-hydrogen) atoms. The summed E-state index contributed by atoms with van der Waals surface area (Å²) in [6.07, 6.45) is -4.30. The van der Waals surface area contributed by atoms with E-state index in [1.165, 1.54) is 12.1 Å². The Labute approximate surface area is 97.8 Å². The number of alkyl halides is 3. The van der Waals surface area contributed by atoms with Crippen molar-refractivity contribution in [3.8, 4) is 5.75 Å². The Balaban J connectivity index is 2.37. The fourth-order valence-electron chi connectivity index (χ4n) is 2.03. The molecular formula is C12H14F3NO. The van der Waals surface area contributed by atoms with Gasteiger partial charge < -0.3 is 10.1 Å². The van der Waals surface area contributed by atoms with E-state index in [-0.39, 0.29) is 12.0 Å². The van der Waals surface area contributed by atoms with Crippen molar-refractivity contribution in [3.63, 3.8) is 0 Å².